The molecule has 9 nitrogen and oxygen atoms in total. The average Bonchev–Trinajstić information content (AvgIpc) is 3.49. The van der Waals surface area contributed by atoms with E-state index in [1.54, 1.807) is 24.4 Å². The summed E-state index contributed by atoms with van der Waals surface area (Å²) in [6.07, 6.45) is 2.27. The van der Waals surface area contributed by atoms with Gasteiger partial charge in [0.1, 0.15) is 11.5 Å². The molecule has 33 heavy (non-hydrogen) atoms. The summed E-state index contributed by atoms with van der Waals surface area (Å²) in [5.41, 5.74) is 4.52. The number of hydrogen-bond donors (Lipinski definition) is 2. The molecule has 1 unspecified atom stereocenters. The number of aromatic nitrogens is 3. The van der Waals surface area contributed by atoms with E-state index in [4.69, 9.17) is 14.0 Å². The van der Waals surface area contributed by atoms with Crippen molar-refractivity contribution in [3.63, 3.8) is 0 Å². The molecule has 10 heteroatoms. The first-order valence-electron chi connectivity index (χ1n) is 10.3. The molecule has 0 bridgehead atoms. The van der Waals surface area contributed by atoms with Crippen LogP contribution >= 0.6 is 0 Å². The van der Waals surface area contributed by atoms with Gasteiger partial charge in [0, 0.05) is 22.9 Å². The van der Waals surface area contributed by atoms with Crippen LogP contribution in [0.25, 0.3) is 22.6 Å². The van der Waals surface area contributed by atoms with Crippen LogP contribution in [-0.4, -0.2) is 38.0 Å². The average molecular weight is 467 g/mol. The highest BCUT2D eigenvalue weighted by Crippen LogP contribution is 2.44. The summed E-state index contributed by atoms with van der Waals surface area (Å²) in [7, 11) is -1.27. The molecule has 2 N–H and O–H groups in total. The number of ether oxygens (including phenoxy) is 2. The van der Waals surface area contributed by atoms with Crippen molar-refractivity contribution in [2.75, 3.05) is 18.9 Å². The van der Waals surface area contributed by atoms with Gasteiger partial charge < -0.3 is 14.0 Å². The predicted octanol–water partition coefficient (Wildman–Crippen LogP) is 4.21. The molecule has 0 spiro atoms. The number of aromatic amines is 1. The summed E-state index contributed by atoms with van der Waals surface area (Å²) >= 11 is 0. The second-order valence-corrected chi connectivity index (χ2v) is 9.43. The summed E-state index contributed by atoms with van der Waals surface area (Å²) in [4.78, 5) is -0.0995. The molecule has 0 fully saturated rings. The molecular formula is C23H22N4O5S. The maximum absolute atomic E-state index is 13.3. The van der Waals surface area contributed by atoms with Crippen LogP contribution in [0.15, 0.2) is 58.1 Å². The number of hydrogen-bond acceptors (Lipinski definition) is 7. The highest BCUT2D eigenvalue weighted by Gasteiger charge is 2.32. The molecule has 1 aliphatic rings. The number of anilines is 1. The topological polar surface area (TPSA) is 119 Å². The summed E-state index contributed by atoms with van der Waals surface area (Å²) in [6.45, 7) is 2.09. The fourth-order valence-corrected chi connectivity index (χ4v) is 5.58. The number of sulfonamides is 1. The molecule has 1 atom stereocenters. The molecule has 5 rings (SSSR count). The standard InChI is InChI=1S/C23H22N4O5S/c1-13-11-17-21(16-12-14(7-8-15(13)16)18-9-10-24-25-18)32-26-23(17)27-33(28,29)22-19(30-2)5-4-6-20(22)31-3/h4-10,12-13H,11H2,1-3H3,(H,24,25)(H,26,27). The summed E-state index contributed by atoms with van der Waals surface area (Å²) in [5.74, 6) is 1.19. The third-order valence-electron chi connectivity index (χ3n) is 5.82. The van der Waals surface area contributed by atoms with Crippen LogP contribution in [0.3, 0.4) is 0 Å². The van der Waals surface area contributed by atoms with Gasteiger partial charge in [0.05, 0.1) is 19.9 Å². The molecule has 170 valence electrons. The zero-order chi connectivity index (χ0) is 23.2. The van der Waals surface area contributed by atoms with Crippen molar-refractivity contribution in [1.29, 1.82) is 0 Å². The SMILES string of the molecule is COc1cccc(OC)c1S(=O)(=O)Nc1noc2c1CC(C)c1ccc(-c3ccn[nH]3)cc1-2. The Morgan fingerprint density at radius 2 is 1.88 bits per heavy atom. The quantitative estimate of drug-likeness (QED) is 0.437. The number of methoxy groups -OCH3 is 2. The normalized spacial score (nSPS) is 14.9. The molecule has 0 radical (unpaired) electrons. The number of H-pyrrole nitrogens is 1. The Kier molecular flexibility index (Phi) is 5.09. The van der Waals surface area contributed by atoms with Gasteiger partial charge >= 0.3 is 0 Å². The van der Waals surface area contributed by atoms with Crippen LogP contribution in [-0.2, 0) is 16.4 Å². The fourth-order valence-electron chi connectivity index (χ4n) is 4.23. The van der Waals surface area contributed by atoms with Crippen molar-refractivity contribution in [1.82, 2.24) is 15.4 Å². The molecule has 1 aliphatic carbocycles. The zero-order valence-corrected chi connectivity index (χ0v) is 19.1. The van der Waals surface area contributed by atoms with Gasteiger partial charge in [-0.2, -0.15) is 5.10 Å². The molecule has 2 aromatic carbocycles. The van der Waals surface area contributed by atoms with Gasteiger partial charge in [0.2, 0.25) is 0 Å². The molecule has 2 aromatic heterocycles. The second-order valence-electron chi connectivity index (χ2n) is 7.81. The summed E-state index contributed by atoms with van der Waals surface area (Å²) in [5, 5.41) is 11.1. The monoisotopic (exact) mass is 466 g/mol. The Morgan fingerprint density at radius 1 is 1.12 bits per heavy atom. The van der Waals surface area contributed by atoms with Gasteiger partial charge in [-0.25, -0.2) is 8.42 Å². The van der Waals surface area contributed by atoms with E-state index in [0.29, 0.717) is 17.7 Å². The van der Waals surface area contributed by atoms with Crippen molar-refractivity contribution in [2.24, 2.45) is 0 Å². The van der Waals surface area contributed by atoms with E-state index in [1.807, 2.05) is 18.2 Å². The number of rotatable bonds is 6. The van der Waals surface area contributed by atoms with Crippen LogP contribution in [0.2, 0.25) is 0 Å². The van der Waals surface area contributed by atoms with Crippen LogP contribution in [0, 0.1) is 0 Å². The van der Waals surface area contributed by atoms with E-state index < -0.39 is 10.0 Å². The van der Waals surface area contributed by atoms with Crippen LogP contribution in [0.4, 0.5) is 5.82 Å². The van der Waals surface area contributed by atoms with Gasteiger partial charge in [0.15, 0.2) is 16.5 Å². The number of fused-ring (bicyclic) bond motifs is 3. The maximum Gasteiger partial charge on any atom is 0.270 e. The Bertz CT molecular complexity index is 1410. The highest BCUT2D eigenvalue weighted by atomic mass is 32.2. The van der Waals surface area contributed by atoms with Crippen molar-refractivity contribution in [3.8, 4) is 34.1 Å². The molecule has 4 aromatic rings. The number of nitrogens with one attached hydrogen (secondary N) is 2. The summed E-state index contributed by atoms with van der Waals surface area (Å²) < 4.78 is 45.4. The Labute approximate surface area is 190 Å². The maximum atomic E-state index is 13.3. The fraction of sp³-hybridized carbons (Fsp3) is 0.217. The molecular weight excluding hydrogens is 444 g/mol. The first-order chi connectivity index (χ1) is 15.9. The third-order valence-corrected chi connectivity index (χ3v) is 7.22. The Hall–Kier alpha value is -3.79. The van der Waals surface area contributed by atoms with Crippen LogP contribution in [0.1, 0.15) is 24.0 Å². The van der Waals surface area contributed by atoms with Crippen LogP contribution < -0.4 is 14.2 Å². The Balaban J connectivity index is 1.57. The van der Waals surface area contributed by atoms with E-state index in [9.17, 15) is 8.42 Å². The minimum absolute atomic E-state index is 0.0995. The van der Waals surface area contributed by atoms with Gasteiger partial charge in [0.25, 0.3) is 10.0 Å². The minimum atomic E-state index is -4.08. The lowest BCUT2D eigenvalue weighted by Gasteiger charge is -2.22. The van der Waals surface area contributed by atoms with E-state index in [-0.39, 0.29) is 28.1 Å². The number of nitrogens with zero attached hydrogens (tertiary/aromatic N) is 2. The van der Waals surface area contributed by atoms with Gasteiger partial charge in [-0.1, -0.05) is 30.3 Å². The summed E-state index contributed by atoms with van der Waals surface area (Å²) in [6, 6.07) is 12.8. The molecule has 2 heterocycles. The first-order valence-corrected chi connectivity index (χ1v) is 11.8. The number of benzene rings is 2. The van der Waals surface area contributed by atoms with Crippen molar-refractivity contribution in [3.05, 3.63) is 59.8 Å². The third kappa shape index (κ3) is 3.52. The van der Waals surface area contributed by atoms with Crippen molar-refractivity contribution >= 4 is 15.8 Å². The highest BCUT2D eigenvalue weighted by molar-refractivity contribution is 7.93. The zero-order valence-electron chi connectivity index (χ0n) is 18.2. The minimum Gasteiger partial charge on any atom is -0.495 e. The van der Waals surface area contributed by atoms with E-state index in [0.717, 1.165) is 22.4 Å². The molecule has 0 saturated heterocycles. The lowest BCUT2D eigenvalue weighted by Crippen LogP contribution is -2.17. The molecule has 0 saturated carbocycles. The molecule has 0 aliphatic heterocycles. The molecule has 0 amide bonds. The largest absolute Gasteiger partial charge is 0.495 e. The lowest BCUT2D eigenvalue weighted by atomic mass is 9.82. The van der Waals surface area contributed by atoms with Crippen LogP contribution in [0.5, 0.6) is 11.5 Å². The van der Waals surface area contributed by atoms with Gasteiger partial charge in [-0.05, 0) is 42.2 Å². The van der Waals surface area contributed by atoms with Gasteiger partial charge in [-0.15, -0.1) is 0 Å². The lowest BCUT2D eigenvalue weighted by molar-refractivity contribution is 0.373. The smallest absolute Gasteiger partial charge is 0.270 e. The van der Waals surface area contributed by atoms with E-state index in [2.05, 4.69) is 33.1 Å². The first kappa shape index (κ1) is 21.1. The van der Waals surface area contributed by atoms with Gasteiger partial charge in [-0.3, -0.25) is 9.82 Å². The predicted molar refractivity (Wildman–Crippen MR) is 122 cm³/mol. The van der Waals surface area contributed by atoms with E-state index >= 15 is 0 Å². The van der Waals surface area contributed by atoms with Crippen molar-refractivity contribution in [2.45, 2.75) is 24.2 Å². The Morgan fingerprint density at radius 3 is 2.55 bits per heavy atom. The van der Waals surface area contributed by atoms with Crippen molar-refractivity contribution < 1.29 is 22.4 Å². The van der Waals surface area contributed by atoms with E-state index in [1.165, 1.54) is 14.2 Å². The second kappa shape index (κ2) is 7.96.